The van der Waals surface area contributed by atoms with E-state index in [1.165, 1.54) is 69.6 Å². The summed E-state index contributed by atoms with van der Waals surface area (Å²) in [5.74, 6) is -0.252. The molecule has 34 heavy (non-hydrogen) atoms. The van der Waals surface area contributed by atoms with Gasteiger partial charge in [-0.15, -0.1) is 0 Å². The van der Waals surface area contributed by atoms with Crippen LogP contribution in [0.3, 0.4) is 0 Å². The van der Waals surface area contributed by atoms with Gasteiger partial charge in [-0.25, -0.2) is 0 Å². The molecule has 0 aliphatic heterocycles. The Morgan fingerprint density at radius 2 is 1.56 bits per heavy atom. The Morgan fingerprint density at radius 1 is 1.00 bits per heavy atom. The minimum atomic E-state index is -1.86. The lowest BCUT2D eigenvalue weighted by molar-refractivity contribution is -0.384. The van der Waals surface area contributed by atoms with Crippen molar-refractivity contribution in [3.8, 4) is 0 Å². The molecule has 7 nitrogen and oxygen atoms in total. The van der Waals surface area contributed by atoms with E-state index in [4.69, 9.17) is 47.0 Å². The number of carbonyl (C=O) groups excluding carboxylic acids is 1. The van der Waals surface area contributed by atoms with Crippen LogP contribution >= 0.6 is 47.0 Å². The summed E-state index contributed by atoms with van der Waals surface area (Å²) in [6.07, 6.45) is 12.4. The van der Waals surface area contributed by atoms with Gasteiger partial charge in [0.25, 0.3) is 5.69 Å². The van der Waals surface area contributed by atoms with Gasteiger partial charge < -0.3 is 16.0 Å². The Labute approximate surface area is 222 Å². The number of carbonyl (C=O) groups is 1. The van der Waals surface area contributed by atoms with Crippen LogP contribution in [0, 0.1) is 10.1 Å². The molecule has 0 heterocycles. The van der Waals surface area contributed by atoms with Crippen LogP contribution in [0.1, 0.15) is 84.0 Å². The average Bonchev–Trinajstić information content (AvgIpc) is 2.76. The summed E-state index contributed by atoms with van der Waals surface area (Å²) in [6.45, 7) is 2.23. The second kappa shape index (κ2) is 17.1. The maximum atomic E-state index is 12.4. The van der Waals surface area contributed by atoms with Gasteiger partial charge in [-0.1, -0.05) is 112 Å². The fraction of sp³-hybridized carbons (Fsp3) is 0.652. The predicted molar refractivity (Wildman–Crippen MR) is 146 cm³/mol. The molecule has 0 radical (unpaired) electrons. The molecule has 1 aromatic rings. The van der Waals surface area contributed by atoms with E-state index >= 15 is 0 Å². The third-order valence-electron chi connectivity index (χ3n) is 5.23. The van der Waals surface area contributed by atoms with E-state index in [1.807, 2.05) is 0 Å². The van der Waals surface area contributed by atoms with Crippen molar-refractivity contribution in [1.29, 1.82) is 0 Å². The highest BCUT2D eigenvalue weighted by atomic mass is 35.6. The van der Waals surface area contributed by atoms with Gasteiger partial charge in [0.2, 0.25) is 9.70 Å². The van der Waals surface area contributed by atoms with E-state index in [0.717, 1.165) is 19.3 Å². The molecule has 1 aromatic carbocycles. The SMILES string of the molecule is CCCCCCCCCCCCCC(=O)N[C@@H](NC(=S)Nc1cccc([N+](=O)[O-])c1)C(Cl)(Cl)Cl. The standard InChI is InChI=1S/C23H35Cl3N4O3S/c1-2-3-4-5-6-7-8-9-10-11-12-16-20(31)28-21(23(24,25)26)29-22(34)27-18-14-13-15-19(17-18)30(32)33/h13-15,17,21H,2-12,16H2,1H3,(H,28,31)(H2,27,29,34)/t21-/m0/s1. The van der Waals surface area contributed by atoms with Crippen molar-refractivity contribution >= 4 is 69.4 Å². The van der Waals surface area contributed by atoms with Gasteiger partial charge in [0.05, 0.1) is 4.92 Å². The first-order chi connectivity index (χ1) is 16.1. The molecule has 1 amide bonds. The third kappa shape index (κ3) is 14.1. The Kier molecular flexibility index (Phi) is 15.5. The number of non-ortho nitro benzene ring substituents is 1. The molecule has 11 heteroatoms. The lowest BCUT2D eigenvalue weighted by Gasteiger charge is -2.27. The van der Waals surface area contributed by atoms with Crippen LogP contribution < -0.4 is 16.0 Å². The quantitative estimate of drug-likeness (QED) is 0.0493. The maximum absolute atomic E-state index is 12.4. The first-order valence-corrected chi connectivity index (χ1v) is 13.4. The number of halogens is 3. The summed E-state index contributed by atoms with van der Waals surface area (Å²) in [5.41, 5.74) is 0.299. The average molecular weight is 554 g/mol. The van der Waals surface area contributed by atoms with Crippen molar-refractivity contribution in [2.24, 2.45) is 0 Å². The summed E-state index contributed by atoms with van der Waals surface area (Å²) in [6, 6.07) is 5.81. The topological polar surface area (TPSA) is 96.3 Å². The van der Waals surface area contributed by atoms with Crippen LogP contribution in [-0.2, 0) is 4.79 Å². The fourth-order valence-electron chi connectivity index (χ4n) is 3.38. The lowest BCUT2D eigenvalue weighted by atomic mass is 10.1. The number of nitrogens with one attached hydrogen (secondary N) is 3. The number of unbranched alkanes of at least 4 members (excludes halogenated alkanes) is 10. The Bertz CT molecular complexity index is 778. The number of rotatable bonds is 16. The first-order valence-electron chi connectivity index (χ1n) is 11.8. The molecule has 0 saturated carbocycles. The third-order valence-corrected chi connectivity index (χ3v) is 6.10. The Morgan fingerprint density at radius 3 is 2.09 bits per heavy atom. The molecule has 0 aliphatic rings. The van der Waals surface area contributed by atoms with Crippen molar-refractivity contribution in [2.45, 2.75) is 93.9 Å². The molecule has 1 rings (SSSR count). The lowest BCUT2D eigenvalue weighted by Crippen LogP contribution is -2.56. The molecule has 192 valence electrons. The molecular formula is C23H35Cl3N4O3S. The molecule has 1 atom stereocenters. The van der Waals surface area contributed by atoms with Crippen molar-refractivity contribution in [1.82, 2.24) is 10.6 Å². The molecule has 0 aliphatic carbocycles. The molecule has 0 spiro atoms. The van der Waals surface area contributed by atoms with Crippen LogP contribution in [0.15, 0.2) is 24.3 Å². The van der Waals surface area contributed by atoms with Crippen LogP contribution in [-0.4, -0.2) is 25.9 Å². The maximum Gasteiger partial charge on any atom is 0.271 e. The Balaban J connectivity index is 2.33. The van der Waals surface area contributed by atoms with Crippen LogP contribution in [0.25, 0.3) is 0 Å². The molecule has 0 aromatic heterocycles. The van der Waals surface area contributed by atoms with Gasteiger partial charge in [-0.3, -0.25) is 14.9 Å². The van der Waals surface area contributed by atoms with Gasteiger partial charge in [0, 0.05) is 24.2 Å². The van der Waals surface area contributed by atoms with Gasteiger partial charge in [-0.05, 0) is 24.7 Å². The van der Waals surface area contributed by atoms with Crippen LogP contribution in [0.2, 0.25) is 0 Å². The number of nitro groups is 1. The second-order valence-corrected chi connectivity index (χ2v) is 11.0. The molecule has 0 fully saturated rings. The highest BCUT2D eigenvalue weighted by Gasteiger charge is 2.34. The monoisotopic (exact) mass is 552 g/mol. The first kappa shape index (κ1) is 30.7. The van der Waals surface area contributed by atoms with Gasteiger partial charge in [0.1, 0.15) is 6.17 Å². The minimum Gasteiger partial charge on any atom is -0.339 e. The zero-order chi connectivity index (χ0) is 25.4. The van der Waals surface area contributed by atoms with E-state index in [9.17, 15) is 14.9 Å². The summed E-state index contributed by atoms with van der Waals surface area (Å²) in [4.78, 5) is 22.8. The van der Waals surface area contributed by atoms with Crippen LogP contribution in [0.5, 0.6) is 0 Å². The minimum absolute atomic E-state index is 0.0480. The highest BCUT2D eigenvalue weighted by molar-refractivity contribution is 7.80. The predicted octanol–water partition coefficient (Wildman–Crippen LogP) is 7.39. The van der Waals surface area contributed by atoms with E-state index < -0.39 is 14.9 Å². The fourth-order valence-corrected chi connectivity index (χ4v) is 3.94. The summed E-state index contributed by atoms with van der Waals surface area (Å²) >= 11 is 23.2. The van der Waals surface area contributed by atoms with Crippen molar-refractivity contribution in [3.05, 3.63) is 34.4 Å². The molecule has 0 unspecified atom stereocenters. The number of nitrogens with zero attached hydrogens (tertiary/aromatic N) is 1. The summed E-state index contributed by atoms with van der Waals surface area (Å²) < 4.78 is -1.86. The van der Waals surface area contributed by atoms with E-state index in [2.05, 4.69) is 22.9 Å². The second-order valence-electron chi connectivity index (χ2n) is 8.23. The van der Waals surface area contributed by atoms with Crippen LogP contribution in [0.4, 0.5) is 11.4 Å². The highest BCUT2D eigenvalue weighted by Crippen LogP contribution is 2.29. The molecule has 3 N–H and O–H groups in total. The van der Waals surface area contributed by atoms with E-state index in [-0.39, 0.29) is 16.7 Å². The Hall–Kier alpha value is -1.35. The number of benzene rings is 1. The molecule has 0 bridgehead atoms. The van der Waals surface area contributed by atoms with Gasteiger partial charge >= 0.3 is 0 Å². The number of alkyl halides is 3. The normalized spacial score (nSPS) is 12.1. The van der Waals surface area contributed by atoms with Gasteiger partial charge in [-0.2, -0.15) is 0 Å². The van der Waals surface area contributed by atoms with E-state index in [0.29, 0.717) is 12.1 Å². The van der Waals surface area contributed by atoms with Crippen molar-refractivity contribution in [3.63, 3.8) is 0 Å². The summed E-state index contributed by atoms with van der Waals surface area (Å²) in [7, 11) is 0. The van der Waals surface area contributed by atoms with Crippen molar-refractivity contribution < 1.29 is 9.72 Å². The number of thiocarbonyl (C=S) groups is 1. The number of anilines is 1. The zero-order valence-corrected chi connectivity index (χ0v) is 22.7. The zero-order valence-electron chi connectivity index (χ0n) is 19.6. The number of hydrogen-bond acceptors (Lipinski definition) is 4. The van der Waals surface area contributed by atoms with E-state index in [1.54, 1.807) is 6.07 Å². The number of nitro benzene ring substituents is 1. The molecule has 0 saturated heterocycles. The molecular weight excluding hydrogens is 519 g/mol. The largest absolute Gasteiger partial charge is 0.339 e. The summed E-state index contributed by atoms with van der Waals surface area (Å²) in [5, 5.41) is 19.2. The van der Waals surface area contributed by atoms with Crippen molar-refractivity contribution in [2.75, 3.05) is 5.32 Å². The smallest absolute Gasteiger partial charge is 0.271 e. The number of amides is 1. The number of hydrogen-bond donors (Lipinski definition) is 3. The van der Waals surface area contributed by atoms with Gasteiger partial charge in [0.15, 0.2) is 5.11 Å².